The van der Waals surface area contributed by atoms with Crippen molar-refractivity contribution in [2.75, 3.05) is 11.9 Å². The highest BCUT2D eigenvalue weighted by Gasteiger charge is 2.05. The third-order valence-corrected chi connectivity index (χ3v) is 2.47. The largest absolute Gasteiger partial charge is 0.493 e. The molecule has 0 fully saturated rings. The second-order valence-electron chi connectivity index (χ2n) is 4.18. The van der Waals surface area contributed by atoms with Crippen molar-refractivity contribution in [1.82, 2.24) is 9.97 Å². The highest BCUT2D eigenvalue weighted by Crippen LogP contribution is 2.08. The van der Waals surface area contributed by atoms with Gasteiger partial charge in [-0.1, -0.05) is 18.2 Å². The van der Waals surface area contributed by atoms with E-state index in [0.717, 1.165) is 0 Å². The van der Waals surface area contributed by atoms with Crippen LogP contribution in [0.2, 0.25) is 0 Å². The lowest BCUT2D eigenvalue weighted by Crippen LogP contribution is -2.18. The first-order valence-electron chi connectivity index (χ1n) is 6.19. The van der Waals surface area contributed by atoms with Crippen molar-refractivity contribution in [3.63, 3.8) is 0 Å². The molecular weight excluding hydrogens is 258 g/mol. The fourth-order valence-corrected chi connectivity index (χ4v) is 1.63. The molecule has 0 saturated carbocycles. The van der Waals surface area contributed by atoms with Crippen LogP contribution in [-0.2, 0) is 4.79 Å². The van der Waals surface area contributed by atoms with Gasteiger partial charge in [-0.05, 0) is 19.1 Å². The molecule has 0 spiro atoms. The van der Waals surface area contributed by atoms with Crippen LogP contribution in [-0.4, -0.2) is 22.5 Å². The minimum Gasteiger partial charge on any atom is -0.493 e. The van der Waals surface area contributed by atoms with Gasteiger partial charge in [-0.2, -0.15) is 0 Å². The van der Waals surface area contributed by atoms with Gasteiger partial charge in [0.2, 0.25) is 5.91 Å². The van der Waals surface area contributed by atoms with Crippen LogP contribution < -0.4 is 15.6 Å². The van der Waals surface area contributed by atoms with E-state index < -0.39 is 0 Å². The number of aromatic amines is 1. The molecule has 0 aliphatic carbocycles. The van der Waals surface area contributed by atoms with Crippen molar-refractivity contribution in [2.45, 2.75) is 13.3 Å². The predicted molar refractivity (Wildman–Crippen MR) is 74.8 cm³/mol. The van der Waals surface area contributed by atoms with Gasteiger partial charge in [0.25, 0.3) is 5.56 Å². The Morgan fingerprint density at radius 1 is 1.35 bits per heavy atom. The van der Waals surface area contributed by atoms with Crippen molar-refractivity contribution in [3.05, 3.63) is 52.6 Å². The highest BCUT2D eigenvalue weighted by atomic mass is 16.5. The summed E-state index contributed by atoms with van der Waals surface area (Å²) in [5.74, 6) is 1.16. The summed E-state index contributed by atoms with van der Waals surface area (Å²) in [6.07, 6.45) is 0.183. The minimum atomic E-state index is -0.298. The van der Waals surface area contributed by atoms with Gasteiger partial charge in [0.15, 0.2) is 0 Å². The quantitative estimate of drug-likeness (QED) is 0.864. The van der Waals surface area contributed by atoms with Crippen LogP contribution in [0.5, 0.6) is 5.75 Å². The zero-order valence-electron chi connectivity index (χ0n) is 11.1. The van der Waals surface area contributed by atoms with Gasteiger partial charge in [0, 0.05) is 6.07 Å². The number of H-pyrrole nitrogens is 1. The number of rotatable bonds is 5. The maximum Gasteiger partial charge on any atom is 0.252 e. The molecule has 1 amide bonds. The van der Waals surface area contributed by atoms with Gasteiger partial charge in [0.05, 0.1) is 13.0 Å². The zero-order chi connectivity index (χ0) is 14.4. The Balaban J connectivity index is 1.82. The van der Waals surface area contributed by atoms with Gasteiger partial charge >= 0.3 is 0 Å². The molecule has 0 bridgehead atoms. The summed E-state index contributed by atoms with van der Waals surface area (Å²) < 4.78 is 5.41. The number of nitrogens with zero attached hydrogens (tertiary/aromatic N) is 1. The molecule has 6 heteroatoms. The van der Waals surface area contributed by atoms with Crippen molar-refractivity contribution < 1.29 is 9.53 Å². The van der Waals surface area contributed by atoms with E-state index in [-0.39, 0.29) is 30.3 Å². The Bertz CT molecular complexity index is 638. The lowest BCUT2D eigenvalue weighted by molar-refractivity contribution is -0.116. The molecule has 2 rings (SSSR count). The van der Waals surface area contributed by atoms with Gasteiger partial charge in [0.1, 0.15) is 17.4 Å². The number of benzene rings is 1. The molecule has 0 atom stereocenters. The van der Waals surface area contributed by atoms with Crippen LogP contribution in [0.25, 0.3) is 0 Å². The number of ether oxygens (including phenoxy) is 1. The van der Waals surface area contributed by atoms with Crippen molar-refractivity contribution in [3.8, 4) is 5.75 Å². The van der Waals surface area contributed by atoms with Crippen LogP contribution in [0.4, 0.5) is 5.82 Å². The fraction of sp³-hybridized carbons (Fsp3) is 0.214. The SMILES string of the molecule is Cc1nc(NC(=O)CCOc2ccccc2)cc(=O)[nH]1. The predicted octanol–water partition coefficient (Wildman–Crippen LogP) is 1.49. The van der Waals surface area contributed by atoms with E-state index >= 15 is 0 Å². The lowest BCUT2D eigenvalue weighted by atomic mass is 10.3. The third kappa shape index (κ3) is 4.24. The average molecular weight is 273 g/mol. The van der Waals surface area contributed by atoms with Crippen molar-refractivity contribution in [2.24, 2.45) is 0 Å². The van der Waals surface area contributed by atoms with Crippen molar-refractivity contribution >= 4 is 11.7 Å². The van der Waals surface area contributed by atoms with Crippen LogP contribution in [0.1, 0.15) is 12.2 Å². The van der Waals surface area contributed by atoms with E-state index in [9.17, 15) is 9.59 Å². The summed E-state index contributed by atoms with van der Waals surface area (Å²) in [6, 6.07) is 10.5. The monoisotopic (exact) mass is 273 g/mol. The molecular formula is C14H15N3O3. The maximum atomic E-state index is 11.7. The minimum absolute atomic E-state index is 0.183. The molecule has 0 saturated heterocycles. The Morgan fingerprint density at radius 3 is 2.80 bits per heavy atom. The van der Waals surface area contributed by atoms with E-state index in [2.05, 4.69) is 15.3 Å². The normalized spacial score (nSPS) is 10.1. The standard InChI is InChI=1S/C14H15N3O3/c1-10-15-12(9-14(19)16-10)17-13(18)7-8-20-11-5-3-2-4-6-11/h2-6,9H,7-8H2,1H3,(H2,15,16,17,18,19). The summed E-state index contributed by atoms with van der Waals surface area (Å²) in [7, 11) is 0. The fourth-order valence-electron chi connectivity index (χ4n) is 1.63. The number of carbonyl (C=O) groups is 1. The number of aryl methyl sites for hydroxylation is 1. The van der Waals surface area contributed by atoms with Crippen molar-refractivity contribution in [1.29, 1.82) is 0 Å². The zero-order valence-corrected chi connectivity index (χ0v) is 11.1. The molecule has 20 heavy (non-hydrogen) atoms. The summed E-state index contributed by atoms with van der Waals surface area (Å²) in [5, 5.41) is 2.56. The molecule has 6 nitrogen and oxygen atoms in total. The second kappa shape index (κ2) is 6.51. The van der Waals surface area contributed by atoms with Crippen LogP contribution in [0.3, 0.4) is 0 Å². The van der Waals surface area contributed by atoms with Gasteiger partial charge in [-0.3, -0.25) is 9.59 Å². The van der Waals surface area contributed by atoms with E-state index in [1.54, 1.807) is 6.92 Å². The Kier molecular flexibility index (Phi) is 4.49. The number of anilines is 1. The molecule has 1 aromatic carbocycles. The Hall–Kier alpha value is -2.63. The number of nitrogens with one attached hydrogen (secondary N) is 2. The smallest absolute Gasteiger partial charge is 0.252 e. The summed E-state index contributed by atoms with van der Waals surface area (Å²) in [4.78, 5) is 29.4. The number of amides is 1. The first kappa shape index (κ1) is 13.8. The second-order valence-corrected chi connectivity index (χ2v) is 4.18. The van der Waals surface area contributed by atoms with E-state index in [0.29, 0.717) is 11.6 Å². The first-order valence-corrected chi connectivity index (χ1v) is 6.19. The van der Waals surface area contributed by atoms with Crippen LogP contribution >= 0.6 is 0 Å². The number of aromatic nitrogens is 2. The number of hydrogen-bond acceptors (Lipinski definition) is 4. The molecule has 1 heterocycles. The topological polar surface area (TPSA) is 84.1 Å². The Morgan fingerprint density at radius 2 is 2.10 bits per heavy atom. The number of hydrogen-bond donors (Lipinski definition) is 2. The number of para-hydroxylation sites is 1. The molecule has 0 aliphatic rings. The highest BCUT2D eigenvalue weighted by molar-refractivity contribution is 5.89. The number of carbonyl (C=O) groups excluding carboxylic acids is 1. The molecule has 0 aliphatic heterocycles. The molecule has 104 valence electrons. The van der Waals surface area contributed by atoms with Crippen LogP contribution in [0.15, 0.2) is 41.2 Å². The Labute approximate surface area is 115 Å². The molecule has 1 aromatic heterocycles. The summed E-state index contributed by atoms with van der Waals surface area (Å²) >= 11 is 0. The summed E-state index contributed by atoms with van der Waals surface area (Å²) in [6.45, 7) is 1.91. The molecule has 0 unspecified atom stereocenters. The average Bonchev–Trinajstić information content (AvgIpc) is 2.38. The third-order valence-electron chi connectivity index (χ3n) is 2.47. The molecule has 0 radical (unpaired) electrons. The first-order chi connectivity index (χ1) is 9.63. The molecule has 2 N–H and O–H groups in total. The van der Waals surface area contributed by atoms with E-state index in [1.807, 2.05) is 30.3 Å². The maximum absolute atomic E-state index is 11.7. The van der Waals surface area contributed by atoms with Gasteiger partial charge in [-0.15, -0.1) is 0 Å². The van der Waals surface area contributed by atoms with Crippen LogP contribution in [0, 0.1) is 6.92 Å². The molecule has 2 aromatic rings. The van der Waals surface area contributed by atoms with E-state index in [4.69, 9.17) is 4.74 Å². The van der Waals surface area contributed by atoms with Gasteiger partial charge in [-0.25, -0.2) is 4.98 Å². The lowest BCUT2D eigenvalue weighted by Gasteiger charge is -2.06. The van der Waals surface area contributed by atoms with E-state index in [1.165, 1.54) is 6.07 Å². The van der Waals surface area contributed by atoms with Gasteiger partial charge < -0.3 is 15.0 Å². The summed E-state index contributed by atoms with van der Waals surface area (Å²) in [5.41, 5.74) is -0.298.